The maximum absolute atomic E-state index is 11.3. The first kappa shape index (κ1) is 15.8. The summed E-state index contributed by atoms with van der Waals surface area (Å²) in [5.74, 6) is 0.561. The quantitative estimate of drug-likeness (QED) is 0.897. The molecule has 2 aliphatic heterocycles. The van der Waals surface area contributed by atoms with E-state index in [0.29, 0.717) is 17.5 Å². The van der Waals surface area contributed by atoms with Crippen LogP contribution in [-0.4, -0.2) is 38.8 Å². The molecule has 0 aromatic heterocycles. The molecule has 0 unspecified atom stereocenters. The zero-order valence-electron chi connectivity index (χ0n) is 14.3. The van der Waals surface area contributed by atoms with Gasteiger partial charge in [0.15, 0.2) is 6.61 Å². The predicted octanol–water partition coefficient (Wildman–Crippen LogP) is 2.90. The SMILES string of the molecule is COC1CN(c2ccc(Nc3ccc4c(c3)OCC(=O)N4)c(C)c2)C1. The smallest absolute Gasteiger partial charge is 0.262 e. The number of nitrogens with zero attached hydrogens (tertiary/aromatic N) is 1. The van der Waals surface area contributed by atoms with Crippen molar-refractivity contribution in [3.05, 3.63) is 42.0 Å². The van der Waals surface area contributed by atoms with Crippen LogP contribution in [-0.2, 0) is 9.53 Å². The lowest BCUT2D eigenvalue weighted by Gasteiger charge is -2.40. The van der Waals surface area contributed by atoms with Crippen molar-refractivity contribution in [1.29, 1.82) is 0 Å². The molecule has 0 saturated carbocycles. The van der Waals surface area contributed by atoms with E-state index in [0.717, 1.165) is 24.5 Å². The van der Waals surface area contributed by atoms with E-state index in [-0.39, 0.29) is 12.5 Å². The topological polar surface area (TPSA) is 62.8 Å². The minimum atomic E-state index is -0.124. The van der Waals surface area contributed by atoms with Crippen molar-refractivity contribution in [1.82, 2.24) is 0 Å². The zero-order valence-corrected chi connectivity index (χ0v) is 14.3. The third-order valence-corrected chi connectivity index (χ3v) is 4.65. The van der Waals surface area contributed by atoms with E-state index in [1.54, 1.807) is 7.11 Å². The number of fused-ring (bicyclic) bond motifs is 1. The van der Waals surface area contributed by atoms with Crippen LogP contribution in [0, 0.1) is 6.92 Å². The molecule has 25 heavy (non-hydrogen) atoms. The van der Waals surface area contributed by atoms with Gasteiger partial charge in [-0.2, -0.15) is 0 Å². The summed E-state index contributed by atoms with van der Waals surface area (Å²) in [5.41, 5.74) is 5.07. The standard InChI is InChI=1S/C19H21N3O3/c1-12-7-14(22-9-15(10-22)24-2)4-6-16(12)20-13-3-5-17-18(8-13)25-11-19(23)21-17/h3-8,15,20H,9-11H2,1-2H3,(H,21,23). The Morgan fingerprint density at radius 2 is 2.08 bits per heavy atom. The van der Waals surface area contributed by atoms with E-state index >= 15 is 0 Å². The van der Waals surface area contributed by atoms with Crippen molar-refractivity contribution in [3.8, 4) is 5.75 Å². The number of anilines is 4. The molecule has 2 heterocycles. The van der Waals surface area contributed by atoms with E-state index < -0.39 is 0 Å². The van der Waals surface area contributed by atoms with Gasteiger partial charge >= 0.3 is 0 Å². The van der Waals surface area contributed by atoms with Crippen molar-refractivity contribution >= 4 is 28.7 Å². The molecule has 0 aliphatic carbocycles. The van der Waals surface area contributed by atoms with Crippen molar-refractivity contribution in [3.63, 3.8) is 0 Å². The zero-order chi connectivity index (χ0) is 17.4. The largest absolute Gasteiger partial charge is 0.482 e. The van der Waals surface area contributed by atoms with Crippen LogP contribution in [0.3, 0.4) is 0 Å². The Hall–Kier alpha value is -2.73. The molecule has 0 bridgehead atoms. The monoisotopic (exact) mass is 339 g/mol. The average Bonchev–Trinajstić information content (AvgIpc) is 2.56. The van der Waals surface area contributed by atoms with Crippen LogP contribution in [0.15, 0.2) is 36.4 Å². The minimum absolute atomic E-state index is 0.0580. The van der Waals surface area contributed by atoms with E-state index in [4.69, 9.17) is 9.47 Å². The molecule has 2 aromatic rings. The fraction of sp³-hybridized carbons (Fsp3) is 0.316. The van der Waals surface area contributed by atoms with E-state index in [2.05, 4.69) is 40.7 Å². The molecular weight excluding hydrogens is 318 g/mol. The molecule has 6 heteroatoms. The second-order valence-corrected chi connectivity index (χ2v) is 6.43. The Bertz CT molecular complexity index is 816. The van der Waals surface area contributed by atoms with Gasteiger partial charge in [-0.15, -0.1) is 0 Å². The molecule has 0 spiro atoms. The van der Waals surface area contributed by atoms with Crippen LogP contribution in [0.4, 0.5) is 22.7 Å². The van der Waals surface area contributed by atoms with Crippen LogP contribution >= 0.6 is 0 Å². The molecule has 6 nitrogen and oxygen atoms in total. The molecular formula is C19H21N3O3. The number of hydrogen-bond donors (Lipinski definition) is 2. The summed E-state index contributed by atoms with van der Waals surface area (Å²) in [5, 5.41) is 6.22. The highest BCUT2D eigenvalue weighted by atomic mass is 16.5. The first-order valence-electron chi connectivity index (χ1n) is 8.34. The summed E-state index contributed by atoms with van der Waals surface area (Å²) >= 11 is 0. The summed E-state index contributed by atoms with van der Waals surface area (Å²) in [4.78, 5) is 13.6. The summed E-state index contributed by atoms with van der Waals surface area (Å²) < 4.78 is 10.8. The third-order valence-electron chi connectivity index (χ3n) is 4.65. The van der Waals surface area contributed by atoms with Crippen LogP contribution in [0.2, 0.25) is 0 Å². The van der Waals surface area contributed by atoms with Gasteiger partial charge in [0.25, 0.3) is 5.91 Å². The van der Waals surface area contributed by atoms with Gasteiger partial charge in [0, 0.05) is 43.3 Å². The lowest BCUT2D eigenvalue weighted by Crippen LogP contribution is -2.51. The number of methoxy groups -OCH3 is 1. The molecule has 1 saturated heterocycles. The van der Waals surface area contributed by atoms with Gasteiger partial charge in [0.1, 0.15) is 5.75 Å². The fourth-order valence-electron chi connectivity index (χ4n) is 3.09. The van der Waals surface area contributed by atoms with E-state index in [1.807, 2.05) is 18.2 Å². The van der Waals surface area contributed by atoms with Gasteiger partial charge in [-0.3, -0.25) is 4.79 Å². The number of amides is 1. The molecule has 0 radical (unpaired) electrons. The van der Waals surface area contributed by atoms with Crippen molar-refractivity contribution in [2.24, 2.45) is 0 Å². The average molecular weight is 339 g/mol. The number of carbonyl (C=O) groups is 1. The Morgan fingerprint density at radius 1 is 1.24 bits per heavy atom. The highest BCUT2D eigenvalue weighted by Gasteiger charge is 2.26. The molecule has 2 N–H and O–H groups in total. The molecule has 4 rings (SSSR count). The molecule has 1 amide bonds. The van der Waals surface area contributed by atoms with Crippen LogP contribution in [0.25, 0.3) is 0 Å². The number of carbonyl (C=O) groups excluding carboxylic acids is 1. The van der Waals surface area contributed by atoms with Gasteiger partial charge in [0.05, 0.1) is 11.8 Å². The highest BCUT2D eigenvalue weighted by molar-refractivity contribution is 5.95. The van der Waals surface area contributed by atoms with Gasteiger partial charge in [0.2, 0.25) is 0 Å². The number of benzene rings is 2. The van der Waals surface area contributed by atoms with Gasteiger partial charge in [-0.1, -0.05) is 0 Å². The van der Waals surface area contributed by atoms with Crippen LogP contribution < -0.4 is 20.3 Å². The fourth-order valence-corrected chi connectivity index (χ4v) is 3.09. The number of ether oxygens (including phenoxy) is 2. The maximum atomic E-state index is 11.3. The molecule has 130 valence electrons. The van der Waals surface area contributed by atoms with Gasteiger partial charge < -0.3 is 25.0 Å². The van der Waals surface area contributed by atoms with E-state index in [9.17, 15) is 4.79 Å². The number of nitrogens with one attached hydrogen (secondary N) is 2. The van der Waals surface area contributed by atoms with Gasteiger partial charge in [-0.05, 0) is 42.8 Å². The molecule has 0 atom stereocenters. The van der Waals surface area contributed by atoms with Crippen LogP contribution in [0.1, 0.15) is 5.56 Å². The lowest BCUT2D eigenvalue weighted by atomic mass is 10.1. The molecule has 2 aliphatic rings. The maximum Gasteiger partial charge on any atom is 0.262 e. The lowest BCUT2D eigenvalue weighted by molar-refractivity contribution is -0.118. The minimum Gasteiger partial charge on any atom is -0.482 e. The molecule has 1 fully saturated rings. The van der Waals surface area contributed by atoms with Crippen molar-refractivity contribution in [2.75, 3.05) is 42.3 Å². The Morgan fingerprint density at radius 3 is 2.84 bits per heavy atom. The Kier molecular flexibility index (Phi) is 3.97. The van der Waals surface area contributed by atoms with Gasteiger partial charge in [-0.25, -0.2) is 0 Å². The third kappa shape index (κ3) is 3.13. The Labute approximate surface area is 146 Å². The first-order chi connectivity index (χ1) is 12.1. The molecule has 2 aromatic carbocycles. The highest BCUT2D eigenvalue weighted by Crippen LogP contribution is 2.33. The summed E-state index contributed by atoms with van der Waals surface area (Å²) in [7, 11) is 1.76. The Balaban J connectivity index is 1.48. The van der Waals surface area contributed by atoms with Crippen molar-refractivity contribution in [2.45, 2.75) is 13.0 Å². The number of aryl methyl sites for hydroxylation is 1. The second-order valence-electron chi connectivity index (χ2n) is 6.43. The predicted molar refractivity (Wildman–Crippen MR) is 98.0 cm³/mol. The first-order valence-corrected chi connectivity index (χ1v) is 8.34. The summed E-state index contributed by atoms with van der Waals surface area (Å²) in [6.07, 6.45) is 0.342. The van der Waals surface area contributed by atoms with Crippen LogP contribution in [0.5, 0.6) is 5.75 Å². The number of rotatable bonds is 4. The number of hydrogen-bond acceptors (Lipinski definition) is 5. The van der Waals surface area contributed by atoms with Crippen molar-refractivity contribution < 1.29 is 14.3 Å². The van der Waals surface area contributed by atoms with E-state index in [1.165, 1.54) is 11.3 Å². The summed E-state index contributed by atoms with van der Waals surface area (Å²) in [6.45, 7) is 4.03. The second kappa shape index (κ2) is 6.29. The summed E-state index contributed by atoms with van der Waals surface area (Å²) in [6, 6.07) is 12.1. The normalized spacial score (nSPS) is 16.6.